The molecule has 4 rings (SSSR count). The monoisotopic (exact) mass is 321 g/mol. The van der Waals surface area contributed by atoms with Gasteiger partial charge in [0.05, 0.1) is 11.9 Å². The molecule has 0 radical (unpaired) electrons. The number of nitrogens with two attached hydrogens (primary N) is 1. The molecule has 24 heavy (non-hydrogen) atoms. The zero-order valence-corrected chi connectivity index (χ0v) is 13.4. The molecule has 2 N–H and O–H groups in total. The Morgan fingerprint density at radius 1 is 0.958 bits per heavy atom. The number of aromatic nitrogens is 4. The largest absolute Gasteiger partial charge is 0.473 e. The molecule has 0 amide bonds. The highest BCUT2D eigenvalue weighted by Crippen LogP contribution is 2.28. The van der Waals surface area contributed by atoms with Crippen molar-refractivity contribution in [2.75, 3.05) is 5.73 Å². The first kappa shape index (κ1) is 14.8. The van der Waals surface area contributed by atoms with E-state index in [1.165, 1.54) is 19.3 Å². The maximum absolute atomic E-state index is 6.11. The van der Waals surface area contributed by atoms with Crippen molar-refractivity contribution in [2.45, 2.75) is 38.2 Å². The van der Waals surface area contributed by atoms with Gasteiger partial charge in [0, 0.05) is 5.56 Å². The van der Waals surface area contributed by atoms with Gasteiger partial charge in [-0.2, -0.15) is 9.97 Å². The first-order chi connectivity index (χ1) is 11.8. The first-order valence-corrected chi connectivity index (χ1v) is 8.32. The summed E-state index contributed by atoms with van der Waals surface area (Å²) in [7, 11) is 0. The molecule has 0 saturated heterocycles. The predicted molar refractivity (Wildman–Crippen MR) is 92.5 cm³/mol. The number of hydrogen-bond donors (Lipinski definition) is 1. The van der Waals surface area contributed by atoms with Crippen LogP contribution >= 0.6 is 0 Å². The zero-order chi connectivity index (χ0) is 16.4. The summed E-state index contributed by atoms with van der Waals surface area (Å²) in [6.07, 6.45) is 7.58. The predicted octanol–water partition coefficient (Wildman–Crippen LogP) is 3.38. The maximum atomic E-state index is 6.11. The van der Waals surface area contributed by atoms with Gasteiger partial charge in [0.15, 0.2) is 11.2 Å². The fourth-order valence-corrected chi connectivity index (χ4v) is 3.07. The Morgan fingerprint density at radius 3 is 2.54 bits per heavy atom. The molecule has 2 heterocycles. The van der Waals surface area contributed by atoms with Gasteiger partial charge in [0.25, 0.3) is 0 Å². The molecule has 122 valence electrons. The van der Waals surface area contributed by atoms with E-state index in [2.05, 4.69) is 19.9 Å². The molecular weight excluding hydrogens is 302 g/mol. The lowest BCUT2D eigenvalue weighted by molar-refractivity contribution is 0.150. The fraction of sp³-hybridized carbons (Fsp3) is 0.333. The highest BCUT2D eigenvalue weighted by atomic mass is 16.5. The third-order valence-electron chi connectivity index (χ3n) is 4.29. The number of benzene rings is 1. The summed E-state index contributed by atoms with van der Waals surface area (Å²) in [6, 6.07) is 9.91. The topological polar surface area (TPSA) is 86.8 Å². The van der Waals surface area contributed by atoms with Gasteiger partial charge in [0.2, 0.25) is 11.8 Å². The molecule has 0 bridgehead atoms. The van der Waals surface area contributed by atoms with Gasteiger partial charge in [-0.1, -0.05) is 36.8 Å². The molecule has 1 aromatic carbocycles. The molecule has 1 fully saturated rings. The van der Waals surface area contributed by atoms with Crippen molar-refractivity contribution in [3.63, 3.8) is 0 Å². The Kier molecular flexibility index (Phi) is 3.94. The number of fused-ring (bicyclic) bond motifs is 1. The Labute approximate surface area is 140 Å². The second-order valence-electron chi connectivity index (χ2n) is 6.06. The lowest BCUT2D eigenvalue weighted by atomic mass is 9.98. The first-order valence-electron chi connectivity index (χ1n) is 8.32. The smallest absolute Gasteiger partial charge is 0.247 e. The normalized spacial score (nSPS) is 15.5. The molecule has 1 aliphatic carbocycles. The highest BCUT2D eigenvalue weighted by Gasteiger charge is 2.19. The van der Waals surface area contributed by atoms with Crippen LogP contribution in [-0.4, -0.2) is 26.0 Å². The molecule has 3 aromatic rings. The van der Waals surface area contributed by atoms with Crippen LogP contribution < -0.4 is 10.5 Å². The second kappa shape index (κ2) is 6.39. The minimum atomic E-state index is 0.162. The van der Waals surface area contributed by atoms with Gasteiger partial charge in [-0.15, -0.1) is 0 Å². The van der Waals surface area contributed by atoms with E-state index in [4.69, 9.17) is 10.5 Å². The Morgan fingerprint density at radius 2 is 1.75 bits per heavy atom. The summed E-state index contributed by atoms with van der Waals surface area (Å²) < 4.78 is 6.11. The van der Waals surface area contributed by atoms with Gasteiger partial charge in [-0.3, -0.25) is 0 Å². The highest BCUT2D eigenvalue weighted by molar-refractivity contribution is 5.79. The number of ether oxygens (including phenoxy) is 1. The van der Waals surface area contributed by atoms with Crippen molar-refractivity contribution in [1.82, 2.24) is 19.9 Å². The molecular formula is C18H19N5O. The van der Waals surface area contributed by atoms with E-state index in [1.54, 1.807) is 6.20 Å². The quantitative estimate of drug-likeness (QED) is 0.795. The number of nitrogens with zero attached hydrogens (tertiary/aromatic N) is 4. The number of hydrogen-bond acceptors (Lipinski definition) is 6. The van der Waals surface area contributed by atoms with Crippen LogP contribution in [0.5, 0.6) is 5.88 Å². The summed E-state index contributed by atoms with van der Waals surface area (Å²) in [5.74, 6) is 0.602. The van der Waals surface area contributed by atoms with Crippen LogP contribution in [0.15, 0.2) is 36.5 Å². The molecule has 1 aliphatic rings. The molecule has 0 unspecified atom stereocenters. The summed E-state index contributed by atoms with van der Waals surface area (Å²) in [4.78, 5) is 17.5. The molecule has 0 spiro atoms. The average molecular weight is 321 g/mol. The maximum Gasteiger partial charge on any atom is 0.247 e. The van der Waals surface area contributed by atoms with Crippen molar-refractivity contribution >= 4 is 17.1 Å². The molecule has 1 saturated carbocycles. The summed E-state index contributed by atoms with van der Waals surface area (Å²) in [5, 5.41) is 0. The van der Waals surface area contributed by atoms with Crippen molar-refractivity contribution < 1.29 is 4.74 Å². The van der Waals surface area contributed by atoms with E-state index in [0.717, 1.165) is 24.1 Å². The average Bonchev–Trinajstić information content (AvgIpc) is 2.63. The molecule has 2 aromatic heterocycles. The van der Waals surface area contributed by atoms with E-state index >= 15 is 0 Å². The number of nitrogen functional groups attached to an aromatic ring is 1. The molecule has 0 aliphatic heterocycles. The van der Waals surface area contributed by atoms with Crippen LogP contribution in [-0.2, 0) is 0 Å². The lowest BCUT2D eigenvalue weighted by Gasteiger charge is -2.22. The van der Waals surface area contributed by atoms with Crippen molar-refractivity contribution in [3.05, 3.63) is 36.5 Å². The molecule has 6 nitrogen and oxygen atoms in total. The van der Waals surface area contributed by atoms with Gasteiger partial charge >= 0.3 is 0 Å². The number of rotatable bonds is 3. The fourth-order valence-electron chi connectivity index (χ4n) is 3.07. The van der Waals surface area contributed by atoms with Crippen LogP contribution in [0, 0.1) is 0 Å². The van der Waals surface area contributed by atoms with Crippen LogP contribution in [0.1, 0.15) is 32.1 Å². The van der Waals surface area contributed by atoms with E-state index < -0.39 is 0 Å². The lowest BCUT2D eigenvalue weighted by Crippen LogP contribution is -2.21. The van der Waals surface area contributed by atoms with Gasteiger partial charge in [-0.05, 0) is 25.7 Å². The Bertz CT molecular complexity index is 847. The molecule has 0 atom stereocenters. The third-order valence-corrected chi connectivity index (χ3v) is 4.29. The van der Waals surface area contributed by atoms with Crippen LogP contribution in [0.2, 0.25) is 0 Å². The Hall–Kier alpha value is -2.76. The summed E-state index contributed by atoms with van der Waals surface area (Å²) >= 11 is 0. The summed E-state index contributed by atoms with van der Waals surface area (Å²) in [6.45, 7) is 0. The Balaban J connectivity index is 1.76. The van der Waals surface area contributed by atoms with Gasteiger partial charge in [-0.25, -0.2) is 9.97 Å². The minimum absolute atomic E-state index is 0.162. The SMILES string of the molecule is Nc1nc(OC2CCCCC2)c2nc(-c3ccccc3)cnc2n1. The number of anilines is 1. The minimum Gasteiger partial charge on any atom is -0.473 e. The van der Waals surface area contributed by atoms with Crippen LogP contribution in [0.25, 0.3) is 22.4 Å². The van der Waals surface area contributed by atoms with E-state index in [9.17, 15) is 0 Å². The van der Waals surface area contributed by atoms with Gasteiger partial charge < -0.3 is 10.5 Å². The van der Waals surface area contributed by atoms with Gasteiger partial charge in [0.1, 0.15) is 6.10 Å². The van der Waals surface area contributed by atoms with Crippen LogP contribution in [0.3, 0.4) is 0 Å². The van der Waals surface area contributed by atoms with E-state index in [0.29, 0.717) is 17.0 Å². The third kappa shape index (κ3) is 2.99. The standard InChI is InChI=1S/C18H19N5O/c19-18-22-16-15(17(23-18)24-13-9-5-2-6-10-13)21-14(11-20-16)12-7-3-1-4-8-12/h1,3-4,7-8,11,13H,2,5-6,9-10H2,(H2,19,20,22,23). The summed E-state index contributed by atoms with van der Waals surface area (Å²) in [5.41, 5.74) is 8.60. The van der Waals surface area contributed by atoms with E-state index in [1.807, 2.05) is 30.3 Å². The van der Waals surface area contributed by atoms with Crippen LogP contribution in [0.4, 0.5) is 5.95 Å². The zero-order valence-electron chi connectivity index (χ0n) is 13.4. The van der Waals surface area contributed by atoms with Crippen molar-refractivity contribution in [1.29, 1.82) is 0 Å². The van der Waals surface area contributed by atoms with Crippen molar-refractivity contribution in [3.8, 4) is 17.1 Å². The van der Waals surface area contributed by atoms with E-state index in [-0.39, 0.29) is 12.1 Å². The van der Waals surface area contributed by atoms with Crippen molar-refractivity contribution in [2.24, 2.45) is 0 Å². The second-order valence-corrected chi connectivity index (χ2v) is 6.06. The molecule has 6 heteroatoms.